The van der Waals surface area contributed by atoms with E-state index in [4.69, 9.17) is 9.47 Å². The molecule has 0 radical (unpaired) electrons. The summed E-state index contributed by atoms with van der Waals surface area (Å²) >= 11 is 0. The number of carbonyl (C=O) groups excluding carboxylic acids is 2. The van der Waals surface area contributed by atoms with Crippen LogP contribution < -0.4 is 9.47 Å². The van der Waals surface area contributed by atoms with Crippen LogP contribution in [0.2, 0.25) is 0 Å². The Kier molecular flexibility index (Phi) is 5.63. The lowest BCUT2D eigenvalue weighted by atomic mass is 9.67. The van der Waals surface area contributed by atoms with E-state index in [9.17, 15) is 9.59 Å². The van der Waals surface area contributed by atoms with E-state index in [1.807, 2.05) is 60.7 Å². The Morgan fingerprint density at radius 1 is 0.543 bits per heavy atom. The van der Waals surface area contributed by atoms with Crippen molar-refractivity contribution >= 4 is 11.9 Å². The summed E-state index contributed by atoms with van der Waals surface area (Å²) in [5.41, 5.74) is 4.65. The van der Waals surface area contributed by atoms with E-state index < -0.39 is 17.4 Å². The van der Waals surface area contributed by atoms with Gasteiger partial charge in [-0.2, -0.15) is 0 Å². The van der Waals surface area contributed by atoms with Gasteiger partial charge < -0.3 is 9.47 Å². The second-order valence-electron chi connectivity index (χ2n) is 8.08. The summed E-state index contributed by atoms with van der Waals surface area (Å²) in [6.45, 7) is 7.09. The lowest BCUT2D eigenvalue weighted by Crippen LogP contribution is -2.30. The Bertz CT molecular complexity index is 1370. The fourth-order valence-electron chi connectivity index (χ4n) is 4.99. The molecule has 4 aromatic carbocycles. The number of fused-ring (bicyclic) bond motifs is 3. The third-order valence-corrected chi connectivity index (χ3v) is 6.29. The average Bonchev–Trinajstić information content (AvgIpc) is 3.20. The van der Waals surface area contributed by atoms with Gasteiger partial charge in [0.05, 0.1) is 5.41 Å². The quantitative estimate of drug-likeness (QED) is 0.172. The molecule has 1 aliphatic carbocycles. The molecule has 0 aromatic heterocycles. The molecular weight excluding hydrogens is 436 g/mol. The number of benzene rings is 4. The Labute approximate surface area is 203 Å². The van der Waals surface area contributed by atoms with Crippen LogP contribution in [0.15, 0.2) is 122 Å². The molecule has 0 saturated carbocycles. The van der Waals surface area contributed by atoms with Crippen molar-refractivity contribution in [2.24, 2.45) is 0 Å². The third kappa shape index (κ3) is 3.47. The number of para-hydroxylation sites is 2. The zero-order chi connectivity index (χ0) is 24.4. The second kappa shape index (κ2) is 8.92. The van der Waals surface area contributed by atoms with E-state index in [-0.39, 0.29) is 0 Å². The first-order valence-corrected chi connectivity index (χ1v) is 11.2. The summed E-state index contributed by atoms with van der Waals surface area (Å²) in [4.78, 5) is 24.6. The molecule has 4 nitrogen and oxygen atoms in total. The van der Waals surface area contributed by atoms with Crippen LogP contribution in [-0.4, -0.2) is 11.9 Å². The molecule has 0 N–H and O–H groups in total. The van der Waals surface area contributed by atoms with Crippen LogP contribution in [0.4, 0.5) is 0 Å². The maximum absolute atomic E-state index is 12.3. The van der Waals surface area contributed by atoms with E-state index in [1.165, 1.54) is 0 Å². The first-order valence-electron chi connectivity index (χ1n) is 11.2. The van der Waals surface area contributed by atoms with Crippen molar-refractivity contribution in [1.29, 1.82) is 0 Å². The zero-order valence-corrected chi connectivity index (χ0v) is 18.9. The van der Waals surface area contributed by atoms with Crippen molar-refractivity contribution in [3.05, 3.63) is 145 Å². The minimum absolute atomic E-state index is 0.397. The van der Waals surface area contributed by atoms with Crippen LogP contribution in [-0.2, 0) is 15.0 Å². The molecule has 0 atom stereocenters. The molecule has 4 heteroatoms. The second-order valence-corrected chi connectivity index (χ2v) is 8.08. The van der Waals surface area contributed by atoms with E-state index in [2.05, 4.69) is 37.4 Å². The minimum Gasteiger partial charge on any atom is -0.423 e. The van der Waals surface area contributed by atoms with Crippen molar-refractivity contribution in [1.82, 2.24) is 0 Å². The van der Waals surface area contributed by atoms with Gasteiger partial charge in [0.2, 0.25) is 0 Å². The molecule has 4 aromatic rings. The van der Waals surface area contributed by atoms with E-state index in [0.717, 1.165) is 45.5 Å². The molecule has 5 rings (SSSR count). The van der Waals surface area contributed by atoms with Crippen LogP contribution in [0.5, 0.6) is 11.5 Å². The maximum atomic E-state index is 12.3. The number of carbonyl (C=O) groups is 2. The van der Waals surface area contributed by atoms with Crippen molar-refractivity contribution < 1.29 is 19.1 Å². The van der Waals surface area contributed by atoms with Crippen molar-refractivity contribution in [2.45, 2.75) is 5.41 Å². The number of rotatable bonds is 6. The highest BCUT2D eigenvalue weighted by atomic mass is 16.5. The standard InChI is InChI=1S/C31H22O4/c1-3-29(32)34-27-19-11-9-17-25(27)31(26-18-10-12-20-28(26)35-30(33)4-2)23-15-7-5-13-21(23)22-14-6-8-16-24(22)31/h3-20H,1-2H2. The van der Waals surface area contributed by atoms with E-state index >= 15 is 0 Å². The smallest absolute Gasteiger partial charge is 0.335 e. The molecule has 0 amide bonds. The van der Waals surface area contributed by atoms with Gasteiger partial charge in [-0.05, 0) is 34.4 Å². The Morgan fingerprint density at radius 2 is 0.886 bits per heavy atom. The van der Waals surface area contributed by atoms with Gasteiger partial charge in [0, 0.05) is 23.3 Å². The molecule has 0 spiro atoms. The molecule has 35 heavy (non-hydrogen) atoms. The predicted molar refractivity (Wildman–Crippen MR) is 135 cm³/mol. The Hall–Kier alpha value is -4.70. The van der Waals surface area contributed by atoms with Gasteiger partial charge in [-0.3, -0.25) is 0 Å². The summed E-state index contributed by atoms with van der Waals surface area (Å²) in [5, 5.41) is 0. The first kappa shape index (κ1) is 22.1. The first-order chi connectivity index (χ1) is 17.1. The van der Waals surface area contributed by atoms with Crippen molar-refractivity contribution in [2.75, 3.05) is 0 Å². The maximum Gasteiger partial charge on any atom is 0.335 e. The van der Waals surface area contributed by atoms with Gasteiger partial charge >= 0.3 is 11.9 Å². The SMILES string of the molecule is C=CC(=O)Oc1ccccc1C1(c2ccccc2OC(=O)C=C)c2ccccc2-c2ccccc21. The number of esters is 2. The largest absolute Gasteiger partial charge is 0.423 e. The zero-order valence-electron chi connectivity index (χ0n) is 18.9. The number of hydrogen-bond donors (Lipinski definition) is 0. The molecule has 0 bridgehead atoms. The molecule has 0 aliphatic heterocycles. The minimum atomic E-state index is -0.927. The van der Waals surface area contributed by atoms with Gasteiger partial charge in [0.1, 0.15) is 11.5 Å². The van der Waals surface area contributed by atoms with Gasteiger partial charge in [0.15, 0.2) is 0 Å². The number of hydrogen-bond acceptors (Lipinski definition) is 4. The van der Waals surface area contributed by atoms with Crippen LogP contribution in [0, 0.1) is 0 Å². The van der Waals surface area contributed by atoms with Crippen LogP contribution in [0.3, 0.4) is 0 Å². The average molecular weight is 459 g/mol. The Balaban J connectivity index is 1.93. The highest BCUT2D eigenvalue weighted by Gasteiger charge is 2.49. The highest BCUT2D eigenvalue weighted by Crippen LogP contribution is 2.59. The fraction of sp³-hybridized carbons (Fsp3) is 0.0323. The summed E-state index contributed by atoms with van der Waals surface area (Å²) < 4.78 is 11.5. The molecular formula is C31H22O4. The normalized spacial score (nSPS) is 12.7. The van der Waals surface area contributed by atoms with Gasteiger partial charge in [-0.15, -0.1) is 0 Å². The van der Waals surface area contributed by atoms with Gasteiger partial charge in [-0.1, -0.05) is 98.1 Å². The summed E-state index contributed by atoms with van der Waals surface area (Å²) in [7, 11) is 0. The topological polar surface area (TPSA) is 52.6 Å². The van der Waals surface area contributed by atoms with E-state index in [1.54, 1.807) is 12.1 Å². The van der Waals surface area contributed by atoms with E-state index in [0.29, 0.717) is 11.5 Å². The molecule has 0 heterocycles. The van der Waals surface area contributed by atoms with Gasteiger partial charge in [-0.25, -0.2) is 9.59 Å². The lowest BCUT2D eigenvalue weighted by molar-refractivity contribution is -0.129. The molecule has 170 valence electrons. The summed E-state index contributed by atoms with van der Waals surface area (Å²) in [6, 6.07) is 31.1. The predicted octanol–water partition coefficient (Wildman–Crippen LogP) is 6.23. The van der Waals surface area contributed by atoms with Crippen LogP contribution in [0.25, 0.3) is 11.1 Å². The molecule has 0 fully saturated rings. The Morgan fingerprint density at radius 3 is 1.29 bits per heavy atom. The molecule has 1 aliphatic rings. The van der Waals surface area contributed by atoms with Crippen molar-refractivity contribution in [3.63, 3.8) is 0 Å². The molecule has 0 saturated heterocycles. The highest BCUT2D eigenvalue weighted by molar-refractivity contribution is 5.90. The summed E-state index contributed by atoms with van der Waals surface area (Å²) in [5.74, 6) is -0.320. The lowest BCUT2D eigenvalue weighted by Gasteiger charge is -2.35. The van der Waals surface area contributed by atoms with Gasteiger partial charge in [0.25, 0.3) is 0 Å². The monoisotopic (exact) mass is 458 g/mol. The van der Waals surface area contributed by atoms with Crippen molar-refractivity contribution in [3.8, 4) is 22.6 Å². The fourth-order valence-corrected chi connectivity index (χ4v) is 4.99. The summed E-state index contributed by atoms with van der Waals surface area (Å²) in [6.07, 6.45) is 2.28. The third-order valence-electron chi connectivity index (χ3n) is 6.29. The van der Waals surface area contributed by atoms with Crippen LogP contribution in [0.1, 0.15) is 22.3 Å². The van der Waals surface area contributed by atoms with Crippen LogP contribution >= 0.6 is 0 Å². The molecule has 0 unspecified atom stereocenters. The number of ether oxygens (including phenoxy) is 2.